The Morgan fingerprint density at radius 1 is 1.39 bits per heavy atom. The minimum absolute atomic E-state index is 0.0683. The minimum atomic E-state index is -0.570. The van der Waals surface area contributed by atoms with Crippen molar-refractivity contribution in [3.05, 3.63) is 35.6 Å². The van der Waals surface area contributed by atoms with Gasteiger partial charge in [0.05, 0.1) is 18.8 Å². The maximum absolute atomic E-state index is 13.5. The van der Waals surface area contributed by atoms with Gasteiger partial charge in [-0.2, -0.15) is 0 Å². The summed E-state index contributed by atoms with van der Waals surface area (Å²) in [4.78, 5) is 22.7. The predicted octanol–water partition coefficient (Wildman–Crippen LogP) is 0.284. The summed E-state index contributed by atoms with van der Waals surface area (Å²) >= 11 is 0. The molecule has 0 radical (unpaired) electrons. The molecule has 4 N–H and O–H groups in total. The van der Waals surface area contributed by atoms with Crippen molar-refractivity contribution in [3.8, 4) is 0 Å². The number of primary amides is 1. The van der Waals surface area contributed by atoms with E-state index >= 15 is 0 Å². The van der Waals surface area contributed by atoms with Crippen LogP contribution in [0.5, 0.6) is 0 Å². The van der Waals surface area contributed by atoms with Gasteiger partial charge in [0.1, 0.15) is 12.4 Å². The Labute approximate surface area is 133 Å². The molecule has 2 rings (SSSR count). The lowest BCUT2D eigenvalue weighted by Gasteiger charge is -2.31. The Bertz CT molecular complexity index is 555. The predicted molar refractivity (Wildman–Crippen MR) is 79.9 cm³/mol. The molecule has 0 saturated carbocycles. The van der Waals surface area contributed by atoms with Gasteiger partial charge in [-0.25, -0.2) is 9.18 Å². The number of amides is 3. The van der Waals surface area contributed by atoms with Crippen LogP contribution in [-0.4, -0.2) is 43.9 Å². The second-order valence-electron chi connectivity index (χ2n) is 5.20. The molecule has 1 aromatic carbocycles. The molecule has 0 aromatic heterocycles. The molecule has 0 aliphatic carbocycles. The third-order valence-corrected chi connectivity index (χ3v) is 3.45. The van der Waals surface area contributed by atoms with E-state index in [0.717, 1.165) is 0 Å². The van der Waals surface area contributed by atoms with E-state index in [4.69, 9.17) is 15.2 Å². The number of carbonyl (C=O) groups excluding carboxylic acids is 2. The molecule has 0 unspecified atom stereocenters. The van der Waals surface area contributed by atoms with Crippen molar-refractivity contribution in [1.29, 1.82) is 0 Å². The highest BCUT2D eigenvalue weighted by Gasteiger charge is 2.28. The van der Waals surface area contributed by atoms with E-state index in [1.807, 2.05) is 0 Å². The second-order valence-corrected chi connectivity index (χ2v) is 5.20. The fourth-order valence-electron chi connectivity index (χ4n) is 2.28. The lowest BCUT2D eigenvalue weighted by molar-refractivity contribution is -0.128. The summed E-state index contributed by atoms with van der Waals surface area (Å²) in [5.41, 5.74) is 5.44. The molecule has 0 bridgehead atoms. The monoisotopic (exact) mass is 325 g/mol. The summed E-state index contributed by atoms with van der Waals surface area (Å²) in [5, 5.41) is 5.29. The van der Waals surface area contributed by atoms with Crippen LogP contribution in [0.4, 0.5) is 9.18 Å². The second kappa shape index (κ2) is 8.44. The zero-order valence-electron chi connectivity index (χ0n) is 12.6. The fraction of sp³-hybridized carbons (Fsp3) is 0.467. The van der Waals surface area contributed by atoms with Crippen molar-refractivity contribution in [2.45, 2.75) is 25.1 Å². The first-order valence-electron chi connectivity index (χ1n) is 7.31. The third-order valence-electron chi connectivity index (χ3n) is 3.45. The van der Waals surface area contributed by atoms with Crippen LogP contribution in [0.25, 0.3) is 0 Å². The summed E-state index contributed by atoms with van der Waals surface area (Å²) in [6.45, 7) is 0.619. The normalized spacial score (nSPS) is 20.7. The molecule has 1 aliphatic heterocycles. The Morgan fingerprint density at radius 3 is 2.91 bits per heavy atom. The molecule has 23 heavy (non-hydrogen) atoms. The first kappa shape index (κ1) is 17.2. The van der Waals surface area contributed by atoms with Crippen LogP contribution in [0.2, 0.25) is 0 Å². The summed E-state index contributed by atoms with van der Waals surface area (Å²) in [7, 11) is 0. The number of urea groups is 1. The minimum Gasteiger partial charge on any atom is -0.379 e. The van der Waals surface area contributed by atoms with Crippen molar-refractivity contribution < 1.29 is 23.5 Å². The number of hydrogen-bond donors (Lipinski definition) is 3. The molecular formula is C15H20FN3O4. The van der Waals surface area contributed by atoms with Gasteiger partial charge < -0.3 is 25.8 Å². The van der Waals surface area contributed by atoms with Crippen LogP contribution >= 0.6 is 0 Å². The molecule has 1 fully saturated rings. The van der Waals surface area contributed by atoms with Crippen LogP contribution in [-0.2, 0) is 20.8 Å². The van der Waals surface area contributed by atoms with Crippen LogP contribution in [0, 0.1) is 5.82 Å². The van der Waals surface area contributed by atoms with Crippen molar-refractivity contribution in [2.24, 2.45) is 5.73 Å². The van der Waals surface area contributed by atoms with Crippen LogP contribution in [0.3, 0.4) is 0 Å². The van der Waals surface area contributed by atoms with Gasteiger partial charge in [0.25, 0.3) is 0 Å². The number of benzene rings is 1. The summed E-state index contributed by atoms with van der Waals surface area (Å²) < 4.78 is 24.2. The van der Waals surface area contributed by atoms with E-state index < -0.39 is 18.0 Å². The van der Waals surface area contributed by atoms with Crippen molar-refractivity contribution >= 4 is 11.9 Å². The van der Waals surface area contributed by atoms with E-state index in [9.17, 15) is 14.0 Å². The first-order chi connectivity index (χ1) is 11.1. The molecule has 3 amide bonds. The average Bonchev–Trinajstić information content (AvgIpc) is 2.53. The maximum atomic E-state index is 13.5. The molecule has 8 heteroatoms. The molecule has 1 aromatic rings. The van der Waals surface area contributed by atoms with E-state index in [-0.39, 0.29) is 31.7 Å². The first-order valence-corrected chi connectivity index (χ1v) is 7.31. The smallest absolute Gasteiger partial charge is 0.315 e. The van der Waals surface area contributed by atoms with Gasteiger partial charge >= 0.3 is 6.03 Å². The highest BCUT2D eigenvalue weighted by atomic mass is 19.1. The largest absolute Gasteiger partial charge is 0.379 e. The van der Waals surface area contributed by atoms with Gasteiger partial charge in [-0.1, -0.05) is 18.2 Å². The molecule has 7 nitrogen and oxygen atoms in total. The van der Waals surface area contributed by atoms with Crippen molar-refractivity contribution in [1.82, 2.24) is 10.6 Å². The van der Waals surface area contributed by atoms with E-state index in [1.165, 1.54) is 6.07 Å². The quantitative estimate of drug-likeness (QED) is 0.699. The average molecular weight is 325 g/mol. The van der Waals surface area contributed by atoms with Gasteiger partial charge in [-0.15, -0.1) is 0 Å². The van der Waals surface area contributed by atoms with Gasteiger partial charge in [0.2, 0.25) is 5.91 Å². The summed E-state index contributed by atoms with van der Waals surface area (Å²) in [6.07, 6.45) is 0.196. The number of nitrogens with two attached hydrogens (primary N) is 1. The highest BCUT2D eigenvalue weighted by Crippen LogP contribution is 2.12. The number of nitrogens with one attached hydrogen (secondary N) is 2. The lowest BCUT2D eigenvalue weighted by Crippen LogP contribution is -2.53. The Kier molecular flexibility index (Phi) is 6.30. The summed E-state index contributed by atoms with van der Waals surface area (Å²) in [5.74, 6) is -0.948. The topological polar surface area (TPSA) is 103 Å². The molecule has 1 saturated heterocycles. The number of rotatable bonds is 6. The molecule has 126 valence electrons. The zero-order chi connectivity index (χ0) is 16.7. The number of carbonyl (C=O) groups is 2. The van der Waals surface area contributed by atoms with Gasteiger partial charge in [0.15, 0.2) is 0 Å². The molecule has 0 spiro atoms. The SMILES string of the molecule is NC(=O)CO[C@@H]1CCOC[C@@H]1NC(=O)NCc1ccccc1F. The third kappa shape index (κ3) is 5.50. The fourth-order valence-corrected chi connectivity index (χ4v) is 2.28. The lowest BCUT2D eigenvalue weighted by atomic mass is 10.1. The molecule has 2 atom stereocenters. The number of halogens is 1. The molecule has 1 heterocycles. The highest BCUT2D eigenvalue weighted by molar-refractivity contribution is 5.75. The Hall–Kier alpha value is -2.19. The van der Waals surface area contributed by atoms with Crippen LogP contribution in [0.1, 0.15) is 12.0 Å². The Balaban J connectivity index is 1.82. The van der Waals surface area contributed by atoms with Crippen LogP contribution < -0.4 is 16.4 Å². The molecule has 1 aliphatic rings. The number of hydrogen-bond acceptors (Lipinski definition) is 4. The van der Waals surface area contributed by atoms with Gasteiger partial charge in [0, 0.05) is 18.7 Å². The van der Waals surface area contributed by atoms with Gasteiger partial charge in [-0.3, -0.25) is 4.79 Å². The van der Waals surface area contributed by atoms with E-state index in [0.29, 0.717) is 18.6 Å². The van der Waals surface area contributed by atoms with E-state index in [2.05, 4.69) is 10.6 Å². The summed E-state index contributed by atoms with van der Waals surface area (Å²) in [6, 6.07) is 5.34. The van der Waals surface area contributed by atoms with Crippen molar-refractivity contribution in [2.75, 3.05) is 19.8 Å². The Morgan fingerprint density at radius 2 is 2.17 bits per heavy atom. The standard InChI is InChI=1S/C15H20FN3O4/c16-11-4-2-1-3-10(11)7-18-15(21)19-12-8-22-6-5-13(12)23-9-14(17)20/h1-4,12-13H,5-9H2,(H2,17,20)(H2,18,19,21)/t12-,13+/m0/s1. The zero-order valence-corrected chi connectivity index (χ0v) is 12.6. The number of ether oxygens (including phenoxy) is 2. The van der Waals surface area contributed by atoms with E-state index in [1.54, 1.807) is 18.2 Å². The van der Waals surface area contributed by atoms with Crippen LogP contribution in [0.15, 0.2) is 24.3 Å². The maximum Gasteiger partial charge on any atom is 0.315 e. The molecular weight excluding hydrogens is 305 g/mol. The van der Waals surface area contributed by atoms with Gasteiger partial charge in [-0.05, 0) is 12.5 Å². The van der Waals surface area contributed by atoms with Crippen molar-refractivity contribution in [3.63, 3.8) is 0 Å².